The molecule has 0 aliphatic rings. The van der Waals surface area contributed by atoms with Crippen LogP contribution in [0.3, 0.4) is 0 Å². The van der Waals surface area contributed by atoms with Gasteiger partial charge in [-0.2, -0.15) is 0 Å². The number of sulfonamides is 1. The fraction of sp³-hybridized carbons (Fsp3) is 0.316. The summed E-state index contributed by atoms with van der Waals surface area (Å²) >= 11 is 0. The van der Waals surface area contributed by atoms with E-state index in [1.54, 1.807) is 24.3 Å². The van der Waals surface area contributed by atoms with E-state index >= 15 is 0 Å². The van der Waals surface area contributed by atoms with Crippen molar-refractivity contribution in [2.75, 3.05) is 19.6 Å². The Balaban J connectivity index is 1.57. The highest BCUT2D eigenvalue weighted by atomic mass is 32.2. The zero-order chi connectivity index (χ0) is 19.7. The average molecular weight is 393 g/mol. The first-order valence-electron chi connectivity index (χ1n) is 8.68. The molecule has 0 unspecified atom stereocenters. The van der Waals surface area contributed by atoms with Gasteiger partial charge in [0.1, 0.15) is 5.82 Å². The van der Waals surface area contributed by atoms with Crippen LogP contribution in [0, 0.1) is 5.82 Å². The summed E-state index contributed by atoms with van der Waals surface area (Å²) in [6.07, 6.45) is 1.75. The summed E-state index contributed by atoms with van der Waals surface area (Å²) in [4.78, 5) is 11.9. The SMILES string of the molecule is NS(=O)(=O)c1ccc(CCNC(=O)CCNCCc2ccc(F)cc2)cc1. The maximum absolute atomic E-state index is 12.8. The van der Waals surface area contributed by atoms with Crippen LogP contribution in [0.1, 0.15) is 17.5 Å². The molecule has 2 aromatic carbocycles. The van der Waals surface area contributed by atoms with Crippen LogP contribution < -0.4 is 15.8 Å². The molecule has 0 heterocycles. The summed E-state index contributed by atoms with van der Waals surface area (Å²) in [6, 6.07) is 12.6. The second-order valence-corrected chi connectivity index (χ2v) is 7.73. The van der Waals surface area contributed by atoms with Crippen LogP contribution in [0.25, 0.3) is 0 Å². The molecule has 0 bridgehead atoms. The zero-order valence-corrected chi connectivity index (χ0v) is 15.8. The number of nitrogens with two attached hydrogens (primary N) is 1. The normalized spacial score (nSPS) is 11.3. The molecular formula is C19H24FN3O3S. The molecule has 0 fully saturated rings. The zero-order valence-electron chi connectivity index (χ0n) is 14.9. The van der Waals surface area contributed by atoms with Gasteiger partial charge in [0.15, 0.2) is 0 Å². The van der Waals surface area contributed by atoms with E-state index in [-0.39, 0.29) is 16.6 Å². The Kier molecular flexibility index (Phi) is 7.90. The molecule has 1 amide bonds. The highest BCUT2D eigenvalue weighted by molar-refractivity contribution is 7.89. The number of rotatable bonds is 10. The van der Waals surface area contributed by atoms with E-state index in [4.69, 9.17) is 5.14 Å². The molecular weight excluding hydrogens is 369 g/mol. The first-order chi connectivity index (χ1) is 12.8. The van der Waals surface area contributed by atoms with Gasteiger partial charge in [-0.1, -0.05) is 24.3 Å². The standard InChI is InChI=1S/C19H24FN3O3S/c20-17-5-1-15(2-6-17)9-12-22-13-11-19(24)23-14-10-16-3-7-18(8-4-16)27(21,25)26/h1-8,22H,9-14H2,(H,23,24)(H2,21,25,26). The summed E-state index contributed by atoms with van der Waals surface area (Å²) < 4.78 is 35.2. The Labute approximate surface area is 159 Å². The van der Waals surface area contributed by atoms with Gasteiger partial charge in [-0.3, -0.25) is 4.79 Å². The van der Waals surface area contributed by atoms with Gasteiger partial charge in [0, 0.05) is 19.5 Å². The number of carbonyl (C=O) groups is 1. The van der Waals surface area contributed by atoms with Crippen molar-refractivity contribution in [3.05, 3.63) is 65.5 Å². The van der Waals surface area contributed by atoms with Crippen LogP contribution in [0.15, 0.2) is 53.4 Å². The highest BCUT2D eigenvalue weighted by Crippen LogP contribution is 2.09. The van der Waals surface area contributed by atoms with Crippen molar-refractivity contribution in [1.29, 1.82) is 0 Å². The van der Waals surface area contributed by atoms with E-state index in [2.05, 4.69) is 10.6 Å². The Hall–Kier alpha value is -2.29. The van der Waals surface area contributed by atoms with E-state index in [0.29, 0.717) is 25.9 Å². The lowest BCUT2D eigenvalue weighted by Crippen LogP contribution is -2.29. The van der Waals surface area contributed by atoms with E-state index in [1.807, 2.05) is 0 Å². The van der Waals surface area contributed by atoms with E-state index in [0.717, 1.165) is 24.1 Å². The van der Waals surface area contributed by atoms with Gasteiger partial charge in [-0.25, -0.2) is 17.9 Å². The molecule has 4 N–H and O–H groups in total. The number of nitrogens with one attached hydrogen (secondary N) is 2. The first kappa shape index (κ1) is 21.0. The largest absolute Gasteiger partial charge is 0.356 e. The molecule has 0 aliphatic heterocycles. The van der Waals surface area contributed by atoms with Crippen molar-refractivity contribution in [3.8, 4) is 0 Å². The Morgan fingerprint density at radius 2 is 1.44 bits per heavy atom. The maximum Gasteiger partial charge on any atom is 0.238 e. The molecule has 2 aromatic rings. The third-order valence-electron chi connectivity index (χ3n) is 4.02. The predicted octanol–water partition coefficient (Wildman–Crippen LogP) is 1.35. The van der Waals surface area contributed by atoms with Gasteiger partial charge in [0.25, 0.3) is 0 Å². The fourth-order valence-corrected chi connectivity index (χ4v) is 3.01. The van der Waals surface area contributed by atoms with Crippen LogP contribution in [0.5, 0.6) is 0 Å². The lowest BCUT2D eigenvalue weighted by atomic mass is 10.1. The Morgan fingerprint density at radius 1 is 0.889 bits per heavy atom. The lowest BCUT2D eigenvalue weighted by molar-refractivity contribution is -0.120. The number of hydrogen-bond acceptors (Lipinski definition) is 4. The quantitative estimate of drug-likeness (QED) is 0.531. The monoisotopic (exact) mass is 393 g/mol. The van der Waals surface area contributed by atoms with Crippen molar-refractivity contribution in [1.82, 2.24) is 10.6 Å². The third kappa shape index (κ3) is 7.86. The van der Waals surface area contributed by atoms with Gasteiger partial charge in [-0.15, -0.1) is 0 Å². The highest BCUT2D eigenvalue weighted by Gasteiger charge is 2.07. The predicted molar refractivity (Wildman–Crippen MR) is 102 cm³/mol. The van der Waals surface area contributed by atoms with Gasteiger partial charge in [0.2, 0.25) is 15.9 Å². The minimum Gasteiger partial charge on any atom is -0.356 e. The fourth-order valence-electron chi connectivity index (χ4n) is 2.49. The summed E-state index contributed by atoms with van der Waals surface area (Å²) in [5.41, 5.74) is 1.96. The van der Waals surface area contributed by atoms with Crippen LogP contribution in [-0.2, 0) is 27.7 Å². The molecule has 0 aromatic heterocycles. The summed E-state index contributed by atoms with van der Waals surface area (Å²) in [5.74, 6) is -0.297. The number of carbonyl (C=O) groups excluding carboxylic acids is 1. The molecule has 0 radical (unpaired) electrons. The molecule has 0 atom stereocenters. The second-order valence-electron chi connectivity index (χ2n) is 6.17. The molecule has 2 rings (SSSR count). The van der Waals surface area contributed by atoms with Gasteiger partial charge >= 0.3 is 0 Å². The van der Waals surface area contributed by atoms with Crippen molar-refractivity contribution >= 4 is 15.9 Å². The molecule has 146 valence electrons. The van der Waals surface area contributed by atoms with Crippen LogP contribution in [0.2, 0.25) is 0 Å². The van der Waals surface area contributed by atoms with Crippen molar-refractivity contribution in [3.63, 3.8) is 0 Å². The molecule has 6 nitrogen and oxygen atoms in total. The third-order valence-corrected chi connectivity index (χ3v) is 4.95. The number of amides is 1. The molecule has 0 saturated carbocycles. The summed E-state index contributed by atoms with van der Waals surface area (Å²) in [7, 11) is -3.68. The van der Waals surface area contributed by atoms with Crippen molar-refractivity contribution < 1.29 is 17.6 Å². The van der Waals surface area contributed by atoms with Gasteiger partial charge < -0.3 is 10.6 Å². The second kappa shape index (κ2) is 10.1. The molecule has 0 saturated heterocycles. The van der Waals surface area contributed by atoms with E-state index in [1.165, 1.54) is 24.3 Å². The minimum atomic E-state index is -3.68. The average Bonchev–Trinajstić information content (AvgIpc) is 2.63. The number of halogens is 1. The Bertz CT molecular complexity index is 838. The number of primary sulfonamides is 1. The summed E-state index contributed by atoms with van der Waals surface area (Å²) in [6.45, 7) is 1.76. The van der Waals surface area contributed by atoms with E-state index < -0.39 is 10.0 Å². The van der Waals surface area contributed by atoms with Crippen molar-refractivity contribution in [2.24, 2.45) is 5.14 Å². The number of hydrogen-bond donors (Lipinski definition) is 3. The smallest absolute Gasteiger partial charge is 0.238 e. The van der Waals surface area contributed by atoms with Gasteiger partial charge in [0.05, 0.1) is 4.90 Å². The molecule has 0 spiro atoms. The number of benzene rings is 2. The Morgan fingerprint density at radius 3 is 2.04 bits per heavy atom. The maximum atomic E-state index is 12.8. The van der Waals surface area contributed by atoms with Gasteiger partial charge in [-0.05, 0) is 54.8 Å². The summed E-state index contributed by atoms with van der Waals surface area (Å²) in [5, 5.41) is 11.1. The van der Waals surface area contributed by atoms with Crippen LogP contribution in [0.4, 0.5) is 4.39 Å². The van der Waals surface area contributed by atoms with E-state index in [9.17, 15) is 17.6 Å². The first-order valence-corrected chi connectivity index (χ1v) is 10.2. The van der Waals surface area contributed by atoms with Crippen molar-refractivity contribution in [2.45, 2.75) is 24.2 Å². The topological polar surface area (TPSA) is 101 Å². The molecule has 27 heavy (non-hydrogen) atoms. The van der Waals surface area contributed by atoms with Crippen LogP contribution >= 0.6 is 0 Å². The minimum absolute atomic E-state index is 0.0505. The van der Waals surface area contributed by atoms with Crippen LogP contribution in [-0.4, -0.2) is 34.0 Å². The lowest BCUT2D eigenvalue weighted by Gasteiger charge is -2.07. The molecule has 8 heteroatoms. The molecule has 0 aliphatic carbocycles.